The van der Waals surface area contributed by atoms with Crippen LogP contribution < -0.4 is 11.2 Å². The number of rotatable bonds is 15. The highest BCUT2D eigenvalue weighted by molar-refractivity contribution is 7.91. The number of carbonyl (C=O) groups excluding carboxylic acids is 1. The molecule has 0 radical (unpaired) electrons. The number of aromatic amines is 1. The highest BCUT2D eigenvalue weighted by Crippen LogP contribution is 2.69. The van der Waals surface area contributed by atoms with E-state index in [1.165, 1.54) is 31.3 Å². The number of sulfone groups is 1. The zero-order valence-corrected chi connectivity index (χ0v) is 33.5. The third-order valence-corrected chi connectivity index (χ3v) is 15.1. The first kappa shape index (κ1) is 41.8. The van der Waals surface area contributed by atoms with Gasteiger partial charge in [0, 0.05) is 23.6 Å². The van der Waals surface area contributed by atoms with Gasteiger partial charge in [0.1, 0.15) is 18.4 Å². The molecule has 306 valence electrons. The standard InChI is InChI=1S/C35H33N2O17P3S/c1-21-19-37(35(40)36-33(21)38)30-18-27(52-34(39)25-6-3-2-4-7-25)28(51-30)20-50-56(44,45)54-57(46,53-55(41,42)43)49-16-17-58(47,48)29-15-13-24-11-10-22-8-5-9-23-12-14-26(29)32(24)31(22)23/h2-15,19,27-28,30H,16-18,20H2,1H3,(H,44,45)(H,36,38,40)(H2,41,42,43)/t27-,28+,30+,57?/m0/s1. The largest absolute Gasteiger partial charge is 0.492 e. The number of aryl methyl sites for hydroxylation is 1. The number of nitrogens with one attached hydrogen (secondary N) is 1. The Morgan fingerprint density at radius 3 is 2.21 bits per heavy atom. The van der Waals surface area contributed by atoms with E-state index in [0.29, 0.717) is 10.8 Å². The van der Waals surface area contributed by atoms with E-state index in [2.05, 4.69) is 13.6 Å². The van der Waals surface area contributed by atoms with Gasteiger partial charge in [0.05, 0.1) is 29.4 Å². The van der Waals surface area contributed by atoms with Crippen molar-refractivity contribution in [1.29, 1.82) is 0 Å². The molecule has 1 aliphatic heterocycles. The monoisotopic (exact) mass is 878 g/mol. The second-order valence-corrected chi connectivity index (χ2v) is 19.8. The number of phosphoric acid groups is 3. The molecule has 7 rings (SSSR count). The van der Waals surface area contributed by atoms with Crippen LogP contribution in [0.1, 0.15) is 28.6 Å². The minimum Gasteiger partial charge on any atom is -0.456 e. The van der Waals surface area contributed by atoms with Crippen molar-refractivity contribution in [3.05, 3.63) is 123 Å². The lowest BCUT2D eigenvalue weighted by molar-refractivity contribution is -0.0512. The van der Waals surface area contributed by atoms with E-state index in [-0.39, 0.29) is 22.4 Å². The van der Waals surface area contributed by atoms with Gasteiger partial charge in [-0.3, -0.25) is 23.4 Å². The molecule has 4 N–H and O–H groups in total. The maximum absolute atomic E-state index is 13.6. The van der Waals surface area contributed by atoms with Crippen LogP contribution in [0.4, 0.5) is 0 Å². The summed E-state index contributed by atoms with van der Waals surface area (Å²) in [6, 6.07) is 23.4. The summed E-state index contributed by atoms with van der Waals surface area (Å²) in [5.41, 5.74) is -1.31. The molecule has 2 unspecified atom stereocenters. The molecule has 19 nitrogen and oxygen atoms in total. The Kier molecular flexibility index (Phi) is 11.5. The van der Waals surface area contributed by atoms with Crippen LogP contribution in [0.15, 0.2) is 106 Å². The minimum absolute atomic E-state index is 0.118. The molecule has 1 fully saturated rings. The van der Waals surface area contributed by atoms with Crippen molar-refractivity contribution in [2.24, 2.45) is 0 Å². The van der Waals surface area contributed by atoms with E-state index >= 15 is 0 Å². The molecule has 0 spiro atoms. The van der Waals surface area contributed by atoms with Gasteiger partial charge < -0.3 is 24.2 Å². The fourth-order valence-electron chi connectivity index (χ4n) is 6.58. The average Bonchev–Trinajstić information content (AvgIpc) is 3.55. The first-order valence-electron chi connectivity index (χ1n) is 17.1. The molecule has 58 heavy (non-hydrogen) atoms. The van der Waals surface area contributed by atoms with Crippen LogP contribution in [0.3, 0.4) is 0 Å². The zero-order chi connectivity index (χ0) is 41.6. The smallest absolute Gasteiger partial charge is 0.456 e. The molecule has 1 aromatic heterocycles. The molecular weight excluding hydrogens is 845 g/mol. The molecule has 0 bridgehead atoms. The van der Waals surface area contributed by atoms with Gasteiger partial charge in [-0.2, -0.15) is 8.62 Å². The van der Waals surface area contributed by atoms with Gasteiger partial charge >= 0.3 is 35.1 Å². The van der Waals surface area contributed by atoms with E-state index in [1.54, 1.807) is 36.4 Å². The first-order valence-corrected chi connectivity index (χ1v) is 23.3. The van der Waals surface area contributed by atoms with Crippen LogP contribution in [-0.4, -0.2) is 69.8 Å². The lowest BCUT2D eigenvalue weighted by Crippen LogP contribution is -2.33. The second-order valence-electron chi connectivity index (χ2n) is 13.1. The van der Waals surface area contributed by atoms with Crippen LogP contribution in [0.2, 0.25) is 0 Å². The quantitative estimate of drug-likeness (QED) is 0.0593. The Labute approximate surface area is 327 Å². The minimum atomic E-state index is -5.82. The number of esters is 1. The molecule has 2 heterocycles. The van der Waals surface area contributed by atoms with Crippen molar-refractivity contribution >= 4 is 71.6 Å². The van der Waals surface area contributed by atoms with E-state index in [9.17, 15) is 51.2 Å². The number of hydrogen-bond donors (Lipinski definition) is 4. The third-order valence-electron chi connectivity index (χ3n) is 9.14. The number of aromatic nitrogens is 2. The van der Waals surface area contributed by atoms with Gasteiger partial charge in [0.2, 0.25) is 0 Å². The molecule has 5 atom stereocenters. The van der Waals surface area contributed by atoms with Gasteiger partial charge in [-0.05, 0) is 52.1 Å². The maximum Gasteiger partial charge on any atom is 0.492 e. The van der Waals surface area contributed by atoms with Crippen molar-refractivity contribution in [1.82, 2.24) is 9.55 Å². The molecule has 0 saturated carbocycles. The summed E-state index contributed by atoms with van der Waals surface area (Å²) in [6.07, 6.45) is -3.00. The third kappa shape index (κ3) is 9.09. The molecule has 5 aromatic carbocycles. The summed E-state index contributed by atoms with van der Waals surface area (Å²) < 4.78 is 96.6. The summed E-state index contributed by atoms with van der Waals surface area (Å²) in [7, 11) is -21.7. The Hall–Kier alpha value is -4.39. The van der Waals surface area contributed by atoms with E-state index in [0.717, 1.165) is 26.1 Å². The highest BCUT2D eigenvalue weighted by atomic mass is 32.2. The molecule has 1 saturated heterocycles. The number of carbonyl (C=O) groups is 1. The van der Waals surface area contributed by atoms with E-state index in [4.69, 9.17) is 18.5 Å². The van der Waals surface area contributed by atoms with Gasteiger partial charge in [-0.25, -0.2) is 31.7 Å². The molecule has 0 amide bonds. The summed E-state index contributed by atoms with van der Waals surface area (Å²) in [5, 5.41) is 4.38. The Balaban J connectivity index is 1.07. The van der Waals surface area contributed by atoms with Crippen molar-refractivity contribution in [2.75, 3.05) is 19.0 Å². The van der Waals surface area contributed by atoms with Crippen LogP contribution in [0, 0.1) is 6.92 Å². The van der Waals surface area contributed by atoms with Gasteiger partial charge in [-0.15, -0.1) is 0 Å². The zero-order valence-electron chi connectivity index (χ0n) is 30.0. The van der Waals surface area contributed by atoms with E-state index < -0.39 is 87.9 Å². The number of nitrogens with zero attached hydrogens (tertiary/aromatic N) is 1. The first-order chi connectivity index (χ1) is 27.3. The molecule has 23 heteroatoms. The van der Waals surface area contributed by atoms with Gasteiger partial charge in [0.15, 0.2) is 9.84 Å². The van der Waals surface area contributed by atoms with Crippen LogP contribution >= 0.6 is 23.5 Å². The van der Waals surface area contributed by atoms with E-state index in [1.807, 2.05) is 30.3 Å². The predicted molar refractivity (Wildman–Crippen MR) is 206 cm³/mol. The van der Waals surface area contributed by atoms with Gasteiger partial charge in [0.25, 0.3) is 5.56 Å². The SMILES string of the molecule is Cc1cn([C@H]2C[C@H](OC(=O)c3ccccc3)[C@@H](COP(=O)(O)OP(=O)(OCCS(=O)(=O)c3ccc4ccc5cccc6ccc3c4c56)OP(=O)(O)O)O2)c(=O)[nH]c1=O. The van der Waals surface area contributed by atoms with Crippen LogP contribution in [0.5, 0.6) is 0 Å². The Morgan fingerprint density at radius 1 is 0.862 bits per heavy atom. The topological polar surface area (TPSA) is 273 Å². The number of ether oxygens (including phenoxy) is 2. The fourth-order valence-corrected chi connectivity index (χ4v) is 11.7. The molecule has 1 aliphatic rings. The number of phosphoric ester groups is 1. The van der Waals surface area contributed by atoms with Crippen molar-refractivity contribution in [3.8, 4) is 0 Å². The van der Waals surface area contributed by atoms with Gasteiger partial charge in [-0.1, -0.05) is 66.7 Å². The second kappa shape index (κ2) is 16.0. The lowest BCUT2D eigenvalue weighted by Gasteiger charge is -2.23. The molecule has 6 aromatic rings. The summed E-state index contributed by atoms with van der Waals surface area (Å²) in [5.74, 6) is -1.81. The number of benzene rings is 5. The Morgan fingerprint density at radius 2 is 1.52 bits per heavy atom. The number of H-pyrrole nitrogens is 1. The lowest BCUT2D eigenvalue weighted by atomic mass is 9.94. The molecular formula is C35H33N2O17P3S. The maximum atomic E-state index is 13.6. The van der Waals surface area contributed by atoms with Crippen molar-refractivity contribution in [3.63, 3.8) is 0 Å². The predicted octanol–water partition coefficient (Wildman–Crippen LogP) is 5.10. The number of hydrogen-bond acceptors (Lipinski definition) is 14. The summed E-state index contributed by atoms with van der Waals surface area (Å²) in [4.78, 5) is 69.0. The normalized spacial score (nSPS) is 19.7. The summed E-state index contributed by atoms with van der Waals surface area (Å²) >= 11 is 0. The fraction of sp³-hybridized carbons (Fsp3) is 0.229. The highest BCUT2D eigenvalue weighted by Gasteiger charge is 2.46. The van der Waals surface area contributed by atoms with Crippen molar-refractivity contribution in [2.45, 2.75) is 36.7 Å². The van der Waals surface area contributed by atoms with Crippen LogP contribution in [-0.2, 0) is 50.7 Å². The summed E-state index contributed by atoms with van der Waals surface area (Å²) in [6.45, 7) is -0.689. The Bertz CT molecular complexity index is 2900. The van der Waals surface area contributed by atoms with Crippen molar-refractivity contribution < 1.29 is 68.7 Å². The average molecular weight is 879 g/mol. The molecule has 0 aliphatic carbocycles. The van der Waals surface area contributed by atoms with Crippen LogP contribution in [0.25, 0.3) is 32.3 Å².